The second-order valence-electron chi connectivity index (χ2n) is 31.0. The average Bonchev–Trinajstić information content (AvgIpc) is 1.58. The van der Waals surface area contributed by atoms with Gasteiger partial charge in [-0.25, -0.2) is 0 Å². The molecule has 35 heteroatoms. The number of nitrogens with two attached hydrogens (primary N) is 8. The largest absolute Gasteiger partial charge is 0.368 e. The fourth-order valence-corrected chi connectivity index (χ4v) is 14.6. The van der Waals surface area contributed by atoms with Crippen LogP contribution in [0.15, 0.2) is 122 Å². The zero-order valence-corrected chi connectivity index (χ0v) is 69.3. The van der Waals surface area contributed by atoms with Gasteiger partial charge in [-0.3, -0.25) is 57.5 Å². The molecule has 0 aliphatic carbocycles. The van der Waals surface area contributed by atoms with E-state index in [2.05, 4.69) is 78.4 Å². The molecular weight excluding hydrogens is 1550 g/mol. The molecule has 8 aromatic rings. The third-order valence-corrected chi connectivity index (χ3v) is 21.7. The summed E-state index contributed by atoms with van der Waals surface area (Å²) in [4.78, 5) is 187. The van der Waals surface area contributed by atoms with Crippen LogP contribution in [0.5, 0.6) is 0 Å². The topological polar surface area (TPSA) is 608 Å². The predicted octanol–water partition coefficient (Wildman–Crippen LogP) is 0.842. The Morgan fingerprint density at radius 1 is 0.264 bits per heavy atom. The molecule has 0 fully saturated rings. The third-order valence-electron chi connectivity index (χ3n) is 21.7. The fourth-order valence-electron chi connectivity index (χ4n) is 14.6. The summed E-state index contributed by atoms with van der Waals surface area (Å²) in [7, 11) is 0. The van der Waals surface area contributed by atoms with Crippen LogP contribution in [0.2, 0.25) is 0 Å². The molecular formula is C86H125N23O12. The minimum Gasteiger partial charge on any atom is -0.368 e. The summed E-state index contributed by atoms with van der Waals surface area (Å²) in [5, 5.41) is 33.8. The number of carbonyl (C=O) groups excluding carboxylic acids is 12. The molecule has 121 heavy (non-hydrogen) atoms. The Hall–Kier alpha value is -11.6. The Labute approximate surface area is 704 Å². The third kappa shape index (κ3) is 28.8. The first-order valence-electron chi connectivity index (χ1n) is 42.2. The Morgan fingerprint density at radius 3 is 0.736 bits per heavy atom. The van der Waals surface area contributed by atoms with Crippen molar-refractivity contribution >= 4 is 114 Å². The SMILES string of the molecule is C[C@H](NC(=O)[C@H](Cc1c[nH]c2ccccc12)NC(=O)[C@H](CCCCN)NC(=O)[C@H](CCCCN)NC(=O)[C@H](C)NC(=O)[C@H](Cc1c[nH]c2ccccc12)NC(=O)[C@@H](N)CCCCN)C(=O)N[C@@H](CCCCN)C(=O)N[C@@H](Cc1c[nH]c2ccccc12)C(=O)N[C@@H](Cc1c[nH]c2ccccc12)C(=O)N[C@@H](CCCCN)C(=O)N[C@@H](CCCCN)C(N)=O. The van der Waals surface area contributed by atoms with E-state index in [1.807, 2.05) is 91.0 Å². The van der Waals surface area contributed by atoms with Crippen LogP contribution < -0.4 is 104 Å². The minimum atomic E-state index is -1.46. The first kappa shape index (κ1) is 94.9. The summed E-state index contributed by atoms with van der Waals surface area (Å²) in [6.07, 6.45) is 12.5. The first-order valence-corrected chi connectivity index (χ1v) is 42.2. The molecule has 0 unspecified atom stereocenters. The lowest BCUT2D eigenvalue weighted by Gasteiger charge is -2.28. The standard InChI is InChI=1S/C86H125N23O12/c1-51(99-83(118)71(106-78(113)61(93)27-11-17-37-87)43-53-47-95-62-28-7-3-23-57(53)62)76(111)102-67(33-13-19-39-89)80(115)104-70(36-16-22-42-92)82(117)107-72(44-54-48-96-63-29-8-4-24-58(54)63)84(119)100-52(2)77(112)103-68(34-14-20-40-90)81(116)108-74(46-56-50-98-65-31-10-6-26-60(56)65)86(121)109-73(45-55-49-97-64-30-9-5-25-59(55)64)85(120)105-69(35-15-21-41-91)79(114)101-66(75(94)110)32-12-18-38-88/h3-10,23-26,28-31,47-52,61,66-74,95-98H,11-22,27,32-46,87-93H2,1-2H3,(H2,94,110)(H,99,118)(H,100,119)(H,101,114)(H,102,111)(H,103,112)(H,104,115)(H,105,120)(H,106,113)(H,107,117)(H,108,116)(H,109,121)/t51-,52-,61-,66-,67-,68-,69-,70-,71-,72-,73-,74-/m0/s1. The van der Waals surface area contributed by atoms with Crippen molar-refractivity contribution in [3.05, 3.63) is 144 Å². The Bertz CT molecular complexity index is 4730. The van der Waals surface area contributed by atoms with E-state index < -0.39 is 143 Å². The molecule has 4 aromatic heterocycles. The lowest BCUT2D eigenvalue weighted by Crippen LogP contribution is -2.61. The molecule has 0 spiro atoms. The van der Waals surface area contributed by atoms with Crippen LogP contribution in [0.4, 0.5) is 0 Å². The van der Waals surface area contributed by atoms with Gasteiger partial charge in [0, 0.05) is 94.1 Å². The van der Waals surface area contributed by atoms with E-state index in [1.165, 1.54) is 13.8 Å². The summed E-state index contributed by atoms with van der Waals surface area (Å²) < 4.78 is 0. The number of benzene rings is 4. The summed E-state index contributed by atoms with van der Waals surface area (Å²) >= 11 is 0. The number of aromatic nitrogens is 4. The number of para-hydroxylation sites is 4. The van der Waals surface area contributed by atoms with Crippen LogP contribution >= 0.6 is 0 Å². The molecule has 12 atom stereocenters. The smallest absolute Gasteiger partial charge is 0.243 e. The summed E-state index contributed by atoms with van der Waals surface area (Å²) in [6.45, 7) is 4.56. The fraction of sp³-hybridized carbons (Fsp3) is 0.488. The van der Waals surface area contributed by atoms with Gasteiger partial charge in [0.1, 0.15) is 66.5 Å². The predicted molar refractivity (Wildman–Crippen MR) is 465 cm³/mol. The molecule has 0 saturated carbocycles. The first-order chi connectivity index (χ1) is 58.4. The number of rotatable bonds is 55. The number of hydrogen-bond donors (Lipinski definition) is 23. The van der Waals surface area contributed by atoms with Crippen molar-refractivity contribution in [2.24, 2.45) is 45.9 Å². The monoisotopic (exact) mass is 1670 g/mol. The van der Waals surface area contributed by atoms with E-state index >= 15 is 24.0 Å². The number of aromatic amines is 4. The van der Waals surface area contributed by atoms with Crippen LogP contribution in [-0.4, -0.2) is 203 Å². The maximum atomic E-state index is 15.4. The molecule has 35 nitrogen and oxygen atoms in total. The van der Waals surface area contributed by atoms with Crippen molar-refractivity contribution in [1.82, 2.24) is 78.4 Å². The highest BCUT2D eigenvalue weighted by Gasteiger charge is 2.37. The van der Waals surface area contributed by atoms with Crippen molar-refractivity contribution in [1.29, 1.82) is 0 Å². The number of carbonyl (C=O) groups is 12. The van der Waals surface area contributed by atoms with Gasteiger partial charge in [-0.1, -0.05) is 79.2 Å². The summed E-state index contributed by atoms with van der Waals surface area (Å²) in [5.41, 5.74) is 52.7. The highest BCUT2D eigenvalue weighted by Crippen LogP contribution is 2.25. The molecule has 656 valence electrons. The summed E-state index contributed by atoms with van der Waals surface area (Å²) in [5.74, 6) is -9.18. The van der Waals surface area contributed by atoms with E-state index in [0.717, 1.165) is 32.7 Å². The molecule has 4 aromatic carbocycles. The van der Waals surface area contributed by atoms with E-state index in [-0.39, 0.29) is 84.0 Å². The van der Waals surface area contributed by atoms with E-state index in [9.17, 15) is 33.6 Å². The van der Waals surface area contributed by atoms with Gasteiger partial charge in [-0.2, -0.15) is 0 Å². The van der Waals surface area contributed by atoms with Gasteiger partial charge in [-0.15, -0.1) is 0 Å². The Morgan fingerprint density at radius 2 is 0.471 bits per heavy atom. The number of unbranched alkanes of at least 4 members (excludes halogenated alkanes) is 6. The maximum absolute atomic E-state index is 15.4. The van der Waals surface area contributed by atoms with Gasteiger partial charge >= 0.3 is 0 Å². The van der Waals surface area contributed by atoms with Crippen LogP contribution in [0.1, 0.15) is 152 Å². The van der Waals surface area contributed by atoms with Crippen molar-refractivity contribution in [2.45, 2.75) is 228 Å². The van der Waals surface area contributed by atoms with Crippen LogP contribution in [-0.2, 0) is 83.2 Å². The zero-order valence-electron chi connectivity index (χ0n) is 69.3. The second-order valence-corrected chi connectivity index (χ2v) is 31.0. The number of hydrogen-bond acceptors (Lipinski definition) is 19. The van der Waals surface area contributed by atoms with Crippen LogP contribution in [0.3, 0.4) is 0 Å². The van der Waals surface area contributed by atoms with Gasteiger partial charge < -0.3 is 124 Å². The molecule has 0 aliphatic heterocycles. The normalized spacial score (nSPS) is 14.5. The number of amides is 12. The molecule has 4 heterocycles. The Balaban J connectivity index is 1.02. The second kappa shape index (κ2) is 49.2. The van der Waals surface area contributed by atoms with E-state index in [4.69, 9.17) is 45.9 Å². The van der Waals surface area contributed by atoms with Crippen molar-refractivity contribution in [2.75, 3.05) is 39.3 Å². The van der Waals surface area contributed by atoms with Gasteiger partial charge in [0.2, 0.25) is 70.9 Å². The quantitative estimate of drug-likeness (QED) is 0.0235. The lowest BCUT2D eigenvalue weighted by molar-refractivity contribution is -0.136. The van der Waals surface area contributed by atoms with E-state index in [1.54, 1.807) is 30.9 Å². The molecule has 8 rings (SSSR count). The van der Waals surface area contributed by atoms with Crippen molar-refractivity contribution in [3.8, 4) is 0 Å². The molecule has 0 aliphatic rings. The molecule has 0 radical (unpaired) electrons. The molecule has 0 saturated heterocycles. The minimum absolute atomic E-state index is 0.00943. The molecule has 0 bridgehead atoms. The number of nitrogens with one attached hydrogen (secondary N) is 15. The van der Waals surface area contributed by atoms with Gasteiger partial charge in [0.15, 0.2) is 0 Å². The van der Waals surface area contributed by atoms with Crippen LogP contribution in [0.25, 0.3) is 43.6 Å². The van der Waals surface area contributed by atoms with Crippen molar-refractivity contribution in [3.63, 3.8) is 0 Å². The van der Waals surface area contributed by atoms with Gasteiger partial charge in [0.25, 0.3) is 0 Å². The highest BCUT2D eigenvalue weighted by atomic mass is 16.2. The average molecular weight is 1670 g/mol. The van der Waals surface area contributed by atoms with Crippen molar-refractivity contribution < 1.29 is 57.5 Å². The molecule has 31 N–H and O–H groups in total. The number of H-pyrrole nitrogens is 4. The maximum Gasteiger partial charge on any atom is 0.243 e. The van der Waals surface area contributed by atoms with E-state index in [0.29, 0.717) is 130 Å². The highest BCUT2D eigenvalue weighted by molar-refractivity contribution is 6.01. The van der Waals surface area contributed by atoms with Gasteiger partial charge in [0.05, 0.1) is 6.04 Å². The zero-order chi connectivity index (χ0) is 87.3. The lowest BCUT2D eigenvalue weighted by atomic mass is 10.00. The van der Waals surface area contributed by atoms with Gasteiger partial charge in [-0.05, 0) is 209 Å². The number of fused-ring (bicyclic) bond motifs is 4. The Kier molecular flexibility index (Phi) is 38.6. The van der Waals surface area contributed by atoms with Crippen LogP contribution in [0, 0.1) is 0 Å². The number of primary amides is 1. The molecule has 12 amide bonds. The summed E-state index contributed by atoms with van der Waals surface area (Å²) in [6, 6.07) is 13.9.